The van der Waals surface area contributed by atoms with Crippen LogP contribution in [-0.2, 0) is 20.9 Å². The molecule has 1 unspecified atom stereocenters. The second kappa shape index (κ2) is 7.46. The first-order valence-corrected chi connectivity index (χ1v) is 8.89. The van der Waals surface area contributed by atoms with Crippen molar-refractivity contribution >= 4 is 11.7 Å². The number of amides is 1. The van der Waals surface area contributed by atoms with E-state index in [2.05, 4.69) is 5.32 Å². The van der Waals surface area contributed by atoms with Crippen LogP contribution in [0.15, 0.2) is 96.0 Å². The van der Waals surface area contributed by atoms with Crippen LogP contribution in [0.5, 0.6) is 0 Å². The van der Waals surface area contributed by atoms with Gasteiger partial charge >= 0.3 is 0 Å². The molecule has 4 rings (SSSR count). The molecule has 27 heavy (non-hydrogen) atoms. The van der Waals surface area contributed by atoms with Crippen LogP contribution in [0.4, 0.5) is 0 Å². The zero-order valence-corrected chi connectivity index (χ0v) is 14.7. The summed E-state index contributed by atoms with van der Waals surface area (Å²) in [4.78, 5) is 25.6. The summed E-state index contributed by atoms with van der Waals surface area (Å²) in [6.45, 7) is 0.445. The highest BCUT2D eigenvalue weighted by atomic mass is 16.5. The van der Waals surface area contributed by atoms with Crippen LogP contribution in [0.3, 0.4) is 0 Å². The second-order valence-electron chi connectivity index (χ2n) is 6.55. The van der Waals surface area contributed by atoms with Gasteiger partial charge in [-0.2, -0.15) is 0 Å². The lowest BCUT2D eigenvalue weighted by Crippen LogP contribution is -2.24. The van der Waals surface area contributed by atoms with E-state index >= 15 is 0 Å². The summed E-state index contributed by atoms with van der Waals surface area (Å²) < 4.78 is 5.31. The first-order valence-electron chi connectivity index (χ1n) is 8.89. The zero-order valence-electron chi connectivity index (χ0n) is 14.7. The van der Waals surface area contributed by atoms with Crippen molar-refractivity contribution in [3.8, 4) is 0 Å². The number of benzene rings is 2. The average molecular weight is 357 g/mol. The molecule has 1 heterocycles. The molecule has 0 fully saturated rings. The van der Waals surface area contributed by atoms with Crippen molar-refractivity contribution in [2.24, 2.45) is 0 Å². The van der Waals surface area contributed by atoms with Crippen molar-refractivity contribution in [1.82, 2.24) is 5.32 Å². The molecule has 0 aromatic heterocycles. The fourth-order valence-electron chi connectivity index (χ4n) is 3.50. The summed E-state index contributed by atoms with van der Waals surface area (Å²) in [5, 5.41) is 2.90. The third-order valence-electron chi connectivity index (χ3n) is 4.82. The molecule has 2 aromatic carbocycles. The van der Waals surface area contributed by atoms with Crippen LogP contribution in [0.1, 0.15) is 23.5 Å². The first-order chi connectivity index (χ1) is 13.2. The Morgan fingerprint density at radius 3 is 2.44 bits per heavy atom. The van der Waals surface area contributed by atoms with Gasteiger partial charge in [0.15, 0.2) is 5.78 Å². The van der Waals surface area contributed by atoms with Crippen LogP contribution >= 0.6 is 0 Å². The van der Waals surface area contributed by atoms with Gasteiger partial charge < -0.3 is 10.1 Å². The molecule has 0 bridgehead atoms. The van der Waals surface area contributed by atoms with E-state index in [9.17, 15) is 9.59 Å². The van der Waals surface area contributed by atoms with Crippen LogP contribution in [-0.4, -0.2) is 11.7 Å². The van der Waals surface area contributed by atoms with Crippen molar-refractivity contribution in [1.29, 1.82) is 0 Å². The third-order valence-corrected chi connectivity index (χ3v) is 4.82. The molecular weight excluding hydrogens is 338 g/mol. The van der Waals surface area contributed by atoms with Crippen molar-refractivity contribution < 1.29 is 14.3 Å². The number of ether oxygens (including phenoxy) is 1. The lowest BCUT2D eigenvalue weighted by atomic mass is 9.90. The Morgan fingerprint density at radius 1 is 1.00 bits per heavy atom. The Hall–Kier alpha value is -3.40. The molecule has 0 saturated carbocycles. The van der Waals surface area contributed by atoms with E-state index in [0.29, 0.717) is 12.1 Å². The SMILES string of the molecule is O=C(CC1=C2C=COC=C2C(c2ccccc2)C1=O)NCc1ccccc1. The fourth-order valence-corrected chi connectivity index (χ4v) is 3.50. The molecule has 1 N–H and O–H groups in total. The monoisotopic (exact) mass is 357 g/mol. The Morgan fingerprint density at radius 2 is 1.70 bits per heavy atom. The third kappa shape index (κ3) is 3.47. The van der Waals surface area contributed by atoms with Crippen molar-refractivity contribution in [2.75, 3.05) is 0 Å². The van der Waals surface area contributed by atoms with Gasteiger partial charge in [0.2, 0.25) is 5.91 Å². The smallest absolute Gasteiger partial charge is 0.224 e. The van der Waals surface area contributed by atoms with Crippen molar-refractivity contribution in [3.63, 3.8) is 0 Å². The summed E-state index contributed by atoms with van der Waals surface area (Å²) in [6.07, 6.45) is 4.99. The van der Waals surface area contributed by atoms with E-state index in [-0.39, 0.29) is 18.1 Å². The van der Waals surface area contributed by atoms with E-state index in [1.165, 1.54) is 0 Å². The lowest BCUT2D eigenvalue weighted by molar-refractivity contribution is -0.122. The van der Waals surface area contributed by atoms with Crippen molar-refractivity contribution in [2.45, 2.75) is 18.9 Å². The van der Waals surface area contributed by atoms with Gasteiger partial charge in [0.1, 0.15) is 0 Å². The van der Waals surface area contributed by atoms with Crippen LogP contribution in [0.25, 0.3) is 0 Å². The minimum Gasteiger partial charge on any atom is -0.472 e. The number of ketones is 1. The number of carbonyl (C=O) groups excluding carboxylic acids is 2. The fraction of sp³-hybridized carbons (Fsp3) is 0.130. The average Bonchev–Trinajstić information content (AvgIpc) is 2.99. The summed E-state index contributed by atoms with van der Waals surface area (Å²) >= 11 is 0. The molecule has 4 heteroatoms. The van der Waals surface area contributed by atoms with Crippen LogP contribution in [0, 0.1) is 0 Å². The van der Waals surface area contributed by atoms with Gasteiger partial charge in [0, 0.05) is 17.7 Å². The number of allylic oxidation sites excluding steroid dienone is 3. The van der Waals surface area contributed by atoms with E-state index in [1.54, 1.807) is 18.6 Å². The van der Waals surface area contributed by atoms with Gasteiger partial charge in [-0.3, -0.25) is 9.59 Å². The van der Waals surface area contributed by atoms with E-state index in [1.807, 2.05) is 60.7 Å². The molecule has 0 radical (unpaired) electrons. The Balaban J connectivity index is 1.53. The maximum Gasteiger partial charge on any atom is 0.224 e. The lowest BCUT2D eigenvalue weighted by Gasteiger charge is -2.14. The number of hydrogen-bond donors (Lipinski definition) is 1. The largest absolute Gasteiger partial charge is 0.472 e. The highest BCUT2D eigenvalue weighted by Crippen LogP contribution is 2.43. The maximum absolute atomic E-state index is 13.1. The predicted octanol–water partition coefficient (Wildman–Crippen LogP) is 3.78. The first kappa shape index (κ1) is 17.0. The number of fused-ring (bicyclic) bond motifs is 1. The minimum atomic E-state index is -0.414. The maximum atomic E-state index is 13.1. The summed E-state index contributed by atoms with van der Waals surface area (Å²) in [6, 6.07) is 19.3. The van der Waals surface area contributed by atoms with Crippen LogP contribution < -0.4 is 5.32 Å². The summed E-state index contributed by atoms with van der Waals surface area (Å²) in [7, 11) is 0. The molecule has 1 amide bonds. The molecule has 4 nitrogen and oxygen atoms in total. The highest BCUT2D eigenvalue weighted by Gasteiger charge is 2.39. The van der Waals surface area contributed by atoms with Crippen molar-refractivity contribution in [3.05, 3.63) is 107 Å². The number of rotatable bonds is 5. The van der Waals surface area contributed by atoms with E-state index < -0.39 is 5.92 Å². The molecule has 2 aliphatic rings. The van der Waals surface area contributed by atoms with Gasteiger partial charge in [-0.1, -0.05) is 60.7 Å². The topological polar surface area (TPSA) is 55.4 Å². The molecule has 2 aromatic rings. The standard InChI is InChI=1S/C23H19NO3/c25-21(24-14-16-7-3-1-4-8-16)13-19-18-11-12-27-15-20(18)22(23(19)26)17-9-5-2-6-10-17/h1-12,15,22H,13-14H2,(H,24,25). The zero-order chi connectivity index (χ0) is 18.6. The van der Waals surface area contributed by atoms with Crippen LogP contribution in [0.2, 0.25) is 0 Å². The Kier molecular flexibility index (Phi) is 4.71. The summed E-state index contributed by atoms with van der Waals surface area (Å²) in [5.41, 5.74) is 4.09. The minimum absolute atomic E-state index is 0.0348. The van der Waals surface area contributed by atoms with E-state index in [0.717, 1.165) is 22.3 Å². The molecule has 1 aliphatic heterocycles. The number of Topliss-reactive ketones (excluding diaryl/α,β-unsaturated/α-hetero) is 1. The number of nitrogens with one attached hydrogen (secondary N) is 1. The normalized spacial score (nSPS) is 18.0. The van der Waals surface area contributed by atoms with Gasteiger partial charge in [-0.05, 0) is 22.8 Å². The number of carbonyl (C=O) groups is 2. The summed E-state index contributed by atoms with van der Waals surface area (Å²) in [5.74, 6) is -0.613. The highest BCUT2D eigenvalue weighted by molar-refractivity contribution is 6.11. The van der Waals surface area contributed by atoms with Gasteiger partial charge in [-0.25, -0.2) is 0 Å². The molecule has 134 valence electrons. The molecule has 1 atom stereocenters. The Labute approximate surface area is 157 Å². The second-order valence-corrected chi connectivity index (χ2v) is 6.55. The molecular formula is C23H19NO3. The van der Waals surface area contributed by atoms with Gasteiger partial charge in [0.05, 0.1) is 24.9 Å². The molecule has 1 aliphatic carbocycles. The van der Waals surface area contributed by atoms with Gasteiger partial charge in [0.25, 0.3) is 0 Å². The predicted molar refractivity (Wildman–Crippen MR) is 102 cm³/mol. The molecule has 0 saturated heterocycles. The van der Waals surface area contributed by atoms with Gasteiger partial charge in [-0.15, -0.1) is 0 Å². The molecule has 0 spiro atoms. The van der Waals surface area contributed by atoms with E-state index in [4.69, 9.17) is 4.74 Å². The number of hydrogen-bond acceptors (Lipinski definition) is 3. The quantitative estimate of drug-likeness (QED) is 0.886. The Bertz CT molecular complexity index is 956.